The van der Waals surface area contributed by atoms with Crippen molar-refractivity contribution in [1.29, 1.82) is 0 Å². The first-order chi connectivity index (χ1) is 16.5. The minimum atomic E-state index is -1.09. The number of thioether (sulfide) groups is 2. The highest BCUT2D eigenvalue weighted by molar-refractivity contribution is 8.01. The highest BCUT2D eigenvalue weighted by Gasteiger charge is 2.53. The van der Waals surface area contributed by atoms with E-state index < -0.39 is 12.0 Å². The summed E-state index contributed by atoms with van der Waals surface area (Å²) in [4.78, 5) is 26.4. The zero-order chi connectivity index (χ0) is 23.7. The molecule has 1 fully saturated rings. The fraction of sp³-hybridized carbons (Fsp3) is 0.273. The van der Waals surface area contributed by atoms with Gasteiger partial charge in [-0.1, -0.05) is 42.1 Å². The minimum Gasteiger partial charge on any atom is -0.477 e. The van der Waals surface area contributed by atoms with Crippen molar-refractivity contribution in [3.8, 4) is 0 Å². The summed E-state index contributed by atoms with van der Waals surface area (Å²) in [6.45, 7) is 0.758. The van der Waals surface area contributed by atoms with Gasteiger partial charge in [0.1, 0.15) is 17.1 Å². The second-order valence-electron chi connectivity index (χ2n) is 7.91. The zero-order valence-electron chi connectivity index (χ0n) is 18.2. The van der Waals surface area contributed by atoms with Crippen LogP contribution in [0.15, 0.2) is 71.3 Å². The number of carbonyl (C=O) groups is 2. The number of anilines is 1. The quantitative estimate of drug-likeness (QED) is 0.271. The lowest BCUT2D eigenvalue weighted by molar-refractivity contribution is -0.688. The third-order valence-corrected chi connectivity index (χ3v) is 8.06. The molecule has 4 heterocycles. The number of pyridine rings is 1. The molecule has 0 unspecified atom stereocenters. The molecule has 1 amide bonds. The number of β-lactam (4-membered cyclic amide) rings is 1. The average molecular weight is 497 g/mol. The van der Waals surface area contributed by atoms with E-state index in [1.165, 1.54) is 26.9 Å². The summed E-state index contributed by atoms with van der Waals surface area (Å²) in [5.41, 5.74) is 2.78. The van der Waals surface area contributed by atoms with Crippen LogP contribution in [0.3, 0.4) is 0 Å². The van der Waals surface area contributed by atoms with Gasteiger partial charge in [-0.15, -0.1) is 16.9 Å². The molecule has 0 radical (unpaired) electrons. The van der Waals surface area contributed by atoms with Crippen LogP contribution >= 0.6 is 23.5 Å². The molecule has 0 saturated carbocycles. The fourth-order valence-corrected chi connectivity index (χ4v) is 6.26. The van der Waals surface area contributed by atoms with Crippen molar-refractivity contribution in [3.63, 3.8) is 0 Å². The van der Waals surface area contributed by atoms with Gasteiger partial charge in [0.05, 0.1) is 0 Å². The number of carbonyl (C=O) groups excluding carboxylic acids is 1. The molecule has 1 saturated heterocycles. The van der Waals surface area contributed by atoms with Crippen LogP contribution < -0.4 is 9.88 Å². The number of aryl methyl sites for hydroxylation is 1. The van der Waals surface area contributed by atoms with Crippen LogP contribution in [0, 0.1) is 0 Å². The van der Waals surface area contributed by atoms with Gasteiger partial charge in [0.15, 0.2) is 18.9 Å². The van der Waals surface area contributed by atoms with E-state index in [0.717, 1.165) is 12.2 Å². The Kier molecular flexibility index (Phi) is 6.24. The molecular weight excluding hydrogens is 474 g/mol. The van der Waals surface area contributed by atoms with Crippen LogP contribution in [0.5, 0.6) is 0 Å². The molecule has 2 atom stereocenters. The van der Waals surface area contributed by atoms with E-state index in [0.29, 0.717) is 22.2 Å². The van der Waals surface area contributed by atoms with Crippen molar-refractivity contribution in [3.05, 3.63) is 71.7 Å². The summed E-state index contributed by atoms with van der Waals surface area (Å²) in [6.07, 6.45) is 3.92. The molecule has 0 bridgehead atoms. The molecule has 2 aromatic heterocycles. The molecule has 0 spiro atoms. The van der Waals surface area contributed by atoms with E-state index in [-0.39, 0.29) is 17.0 Å². The number of rotatable bonds is 8. The number of hydrogen-bond acceptors (Lipinski definition) is 8. The topological polar surface area (TPSA) is 117 Å². The summed E-state index contributed by atoms with van der Waals surface area (Å²) in [5, 5.41) is 24.8. The maximum absolute atomic E-state index is 13.0. The summed E-state index contributed by atoms with van der Waals surface area (Å²) < 4.78 is 3.59. The second kappa shape index (κ2) is 9.47. The molecule has 2 aliphatic rings. The Morgan fingerprint density at radius 3 is 2.71 bits per heavy atom. The maximum Gasteiger partial charge on any atom is 0.352 e. The van der Waals surface area contributed by atoms with E-state index >= 15 is 0 Å². The van der Waals surface area contributed by atoms with Gasteiger partial charge in [0, 0.05) is 41.9 Å². The molecular formula is C22H22N7O3S2+. The molecule has 2 N–H and O–H groups in total. The Labute approximate surface area is 204 Å². The van der Waals surface area contributed by atoms with Gasteiger partial charge in [-0.3, -0.25) is 9.69 Å². The van der Waals surface area contributed by atoms with Gasteiger partial charge in [-0.2, -0.15) is 0 Å². The SMILES string of the molecule is Cn1nnnc1SCC1=C(C(=O)O)N2C(=O)[C@@H](Nc3cc[n+](Cc4ccccc4)cc3)[C@H]2SC1. The van der Waals surface area contributed by atoms with Crippen molar-refractivity contribution in [2.45, 2.75) is 23.1 Å². The highest BCUT2D eigenvalue weighted by atomic mass is 32.2. The third kappa shape index (κ3) is 4.38. The number of fused-ring (bicyclic) bond motifs is 1. The number of aromatic nitrogens is 5. The molecule has 34 heavy (non-hydrogen) atoms. The molecule has 1 aromatic carbocycles. The Bertz CT molecular complexity index is 1250. The number of hydrogen-bond donors (Lipinski definition) is 2. The number of nitrogens with zero attached hydrogens (tertiary/aromatic N) is 6. The van der Waals surface area contributed by atoms with Crippen molar-refractivity contribution in [2.24, 2.45) is 7.05 Å². The highest BCUT2D eigenvalue weighted by Crippen LogP contribution is 2.42. The number of nitrogens with one attached hydrogen (secondary N) is 1. The van der Waals surface area contributed by atoms with Crippen molar-refractivity contribution in [2.75, 3.05) is 16.8 Å². The van der Waals surface area contributed by atoms with Crippen LogP contribution in [0.25, 0.3) is 0 Å². The van der Waals surface area contributed by atoms with E-state index in [9.17, 15) is 14.7 Å². The molecule has 0 aliphatic carbocycles. The summed E-state index contributed by atoms with van der Waals surface area (Å²) in [6, 6.07) is 13.6. The van der Waals surface area contributed by atoms with Crippen LogP contribution in [-0.4, -0.2) is 65.0 Å². The maximum atomic E-state index is 13.0. The Morgan fingerprint density at radius 2 is 2.03 bits per heavy atom. The van der Waals surface area contributed by atoms with E-state index in [2.05, 4.69) is 37.5 Å². The number of benzene rings is 1. The number of aliphatic carboxylic acids is 1. The summed E-state index contributed by atoms with van der Waals surface area (Å²) in [5.74, 6) is -0.403. The predicted octanol–water partition coefficient (Wildman–Crippen LogP) is 1.37. The Hall–Kier alpha value is -3.38. The second-order valence-corrected chi connectivity index (χ2v) is 9.96. The fourth-order valence-electron chi connectivity index (χ4n) is 3.92. The van der Waals surface area contributed by atoms with Gasteiger partial charge < -0.3 is 10.4 Å². The number of tetrazole rings is 1. The standard InChI is InChI=1S/C22H21N7O3S2/c1-27-22(24-25-26-27)34-13-15-12-33-20-17(19(30)29(20)18(15)21(31)32)23-16-7-9-28(10-8-16)11-14-5-3-2-4-6-14/h2-10,17,20H,11-13H2,1H3,(H,31,32)/p+1/t17-,20-/m1/s1. The van der Waals surface area contributed by atoms with Crippen LogP contribution in [0.2, 0.25) is 0 Å². The molecule has 12 heteroatoms. The van der Waals surface area contributed by atoms with Crippen molar-refractivity contribution in [1.82, 2.24) is 25.1 Å². The van der Waals surface area contributed by atoms with Crippen molar-refractivity contribution >= 4 is 41.1 Å². The molecule has 10 nitrogen and oxygen atoms in total. The summed E-state index contributed by atoms with van der Waals surface area (Å²) >= 11 is 2.92. The normalized spacial score (nSPS) is 19.6. The van der Waals surface area contributed by atoms with Gasteiger partial charge in [-0.05, 0) is 16.0 Å². The van der Waals surface area contributed by atoms with Gasteiger partial charge in [0.2, 0.25) is 5.16 Å². The third-order valence-electron chi connectivity index (χ3n) is 5.63. The van der Waals surface area contributed by atoms with Crippen LogP contribution in [0.4, 0.5) is 5.69 Å². The van der Waals surface area contributed by atoms with E-state index in [1.54, 1.807) is 18.8 Å². The van der Waals surface area contributed by atoms with Gasteiger partial charge >= 0.3 is 5.97 Å². The van der Waals surface area contributed by atoms with Gasteiger partial charge in [0.25, 0.3) is 5.91 Å². The largest absolute Gasteiger partial charge is 0.477 e. The smallest absolute Gasteiger partial charge is 0.352 e. The number of amides is 1. The molecule has 3 aromatic rings. The summed E-state index contributed by atoms with van der Waals surface area (Å²) in [7, 11) is 1.72. The predicted molar refractivity (Wildman–Crippen MR) is 127 cm³/mol. The first-order valence-electron chi connectivity index (χ1n) is 10.6. The average Bonchev–Trinajstić information content (AvgIpc) is 3.26. The Morgan fingerprint density at radius 1 is 1.26 bits per heavy atom. The molecule has 174 valence electrons. The van der Waals surface area contributed by atoms with Crippen LogP contribution in [0.1, 0.15) is 5.56 Å². The molecule has 2 aliphatic heterocycles. The first-order valence-corrected chi connectivity index (χ1v) is 12.6. The number of carboxylic acids is 1. The lowest BCUT2D eigenvalue weighted by Crippen LogP contribution is -2.67. The molecule has 5 rings (SSSR count). The van der Waals surface area contributed by atoms with Gasteiger partial charge in [-0.25, -0.2) is 14.0 Å². The van der Waals surface area contributed by atoms with E-state index in [4.69, 9.17) is 0 Å². The van der Waals surface area contributed by atoms with E-state index in [1.807, 2.05) is 42.7 Å². The minimum absolute atomic E-state index is 0.0724. The lowest BCUT2D eigenvalue weighted by atomic mass is 10.0. The van der Waals surface area contributed by atoms with Crippen LogP contribution in [-0.2, 0) is 23.2 Å². The van der Waals surface area contributed by atoms with Crippen molar-refractivity contribution < 1.29 is 19.3 Å². The number of carboxylic acid groups (broad SMARTS) is 1. The zero-order valence-corrected chi connectivity index (χ0v) is 19.9. The Balaban J connectivity index is 1.25. The lowest BCUT2D eigenvalue weighted by Gasteiger charge is -2.49. The first kappa shape index (κ1) is 22.4. The monoisotopic (exact) mass is 496 g/mol.